The molecule has 0 amide bonds. The van der Waals surface area contributed by atoms with Gasteiger partial charge in [0, 0.05) is 62.6 Å². The van der Waals surface area contributed by atoms with Crippen molar-refractivity contribution in [2.45, 2.75) is 46.2 Å². The molecule has 10 nitrogen and oxygen atoms in total. The number of carboxylic acid groups (broad SMARTS) is 1. The Morgan fingerprint density at radius 1 is 1.28 bits per heavy atom. The van der Waals surface area contributed by atoms with E-state index in [0.29, 0.717) is 77.6 Å². The van der Waals surface area contributed by atoms with Crippen molar-refractivity contribution in [1.82, 2.24) is 25.0 Å². The molecule has 1 aromatic heterocycles. The number of hydrogen-bond donors (Lipinski definition) is 2. The molecule has 0 radical (unpaired) electrons. The molecule has 3 aliphatic heterocycles. The summed E-state index contributed by atoms with van der Waals surface area (Å²) < 4.78 is 20.2. The van der Waals surface area contributed by atoms with Crippen molar-refractivity contribution in [1.29, 1.82) is 0 Å². The van der Waals surface area contributed by atoms with Gasteiger partial charge in [-0.3, -0.25) is 14.7 Å². The number of nitrogens with zero attached hydrogens (tertiary/aromatic N) is 5. The maximum Gasteiger partial charge on any atom is 0.338 e. The van der Waals surface area contributed by atoms with Crippen LogP contribution in [0.5, 0.6) is 0 Å². The average molecular weight is 629 g/mol. The third-order valence-corrected chi connectivity index (χ3v) is 9.50. The zero-order chi connectivity index (χ0) is 30.9. The zero-order valence-corrected chi connectivity index (χ0v) is 26.4. The van der Waals surface area contributed by atoms with Crippen molar-refractivity contribution < 1.29 is 23.8 Å². The van der Waals surface area contributed by atoms with Gasteiger partial charge in [0.05, 0.1) is 17.6 Å². The smallest absolute Gasteiger partial charge is 0.338 e. The van der Waals surface area contributed by atoms with Crippen LogP contribution in [-0.2, 0) is 14.3 Å². The monoisotopic (exact) mass is 628 g/mol. The van der Waals surface area contributed by atoms with E-state index in [4.69, 9.17) is 21.9 Å². The predicted molar refractivity (Wildman–Crippen MR) is 166 cm³/mol. The van der Waals surface area contributed by atoms with E-state index in [0.717, 1.165) is 6.42 Å². The van der Waals surface area contributed by atoms with Gasteiger partial charge in [0.1, 0.15) is 11.9 Å². The topological polar surface area (TPSA) is 111 Å². The first-order valence-corrected chi connectivity index (χ1v) is 15.7. The van der Waals surface area contributed by atoms with E-state index in [1.54, 1.807) is 46.0 Å². The highest BCUT2D eigenvalue weighted by molar-refractivity contribution is 7.80. The van der Waals surface area contributed by atoms with Crippen LogP contribution < -0.4 is 5.32 Å². The number of ether oxygens (including phenoxy) is 1. The third-order valence-electron chi connectivity index (χ3n) is 8.22. The molecule has 2 fully saturated rings. The molecule has 0 spiro atoms. The Balaban J connectivity index is 1.42. The van der Waals surface area contributed by atoms with E-state index in [2.05, 4.69) is 20.1 Å². The Morgan fingerprint density at radius 3 is 2.77 bits per heavy atom. The van der Waals surface area contributed by atoms with Crippen LogP contribution in [0.4, 0.5) is 4.39 Å². The number of thiazole rings is 1. The van der Waals surface area contributed by atoms with Gasteiger partial charge in [0.25, 0.3) is 0 Å². The molecule has 5 rings (SSSR count). The molecule has 0 saturated carbocycles. The number of aromatic nitrogens is 1. The lowest BCUT2D eigenvalue weighted by Crippen LogP contribution is -2.63. The van der Waals surface area contributed by atoms with Gasteiger partial charge in [0.2, 0.25) is 0 Å². The summed E-state index contributed by atoms with van der Waals surface area (Å²) in [5.41, 5.74) is 1.14. The minimum Gasteiger partial charge on any atom is -0.481 e. The van der Waals surface area contributed by atoms with Crippen molar-refractivity contribution >= 4 is 46.4 Å². The van der Waals surface area contributed by atoms with E-state index < -0.39 is 23.4 Å². The Bertz CT molecular complexity index is 1460. The van der Waals surface area contributed by atoms with E-state index >= 15 is 0 Å². The molecule has 3 aliphatic rings. The van der Waals surface area contributed by atoms with Gasteiger partial charge < -0.3 is 25.0 Å². The highest BCUT2D eigenvalue weighted by atomic mass is 32.1. The van der Waals surface area contributed by atoms with Crippen molar-refractivity contribution in [3.8, 4) is 0 Å². The molecule has 0 aliphatic carbocycles. The number of amidine groups is 1. The van der Waals surface area contributed by atoms with Crippen molar-refractivity contribution in [3.63, 3.8) is 0 Å². The Kier molecular flexibility index (Phi) is 9.14. The first-order chi connectivity index (χ1) is 20.5. The lowest BCUT2D eigenvalue weighted by atomic mass is 9.91. The lowest BCUT2D eigenvalue weighted by Gasteiger charge is -2.50. The van der Waals surface area contributed by atoms with Gasteiger partial charge in [-0.1, -0.05) is 12.1 Å². The average Bonchev–Trinajstić information content (AvgIpc) is 3.51. The minimum absolute atomic E-state index is 0.161. The molecule has 0 bridgehead atoms. The van der Waals surface area contributed by atoms with Gasteiger partial charge in [-0.25, -0.2) is 14.2 Å². The molecule has 1 aromatic carbocycles. The molecular weight excluding hydrogens is 592 g/mol. The second kappa shape index (κ2) is 12.7. The van der Waals surface area contributed by atoms with Gasteiger partial charge in [-0.05, 0) is 63.5 Å². The van der Waals surface area contributed by atoms with E-state index in [9.17, 15) is 19.1 Å². The number of fused-ring (bicyclic) bond motifs is 1. The standard InChI is InChI=1S/C30H37FN6O4S2/c1-5-41-27(38)23-22(33-25(26-32-10-14-43-26)34-24(23)20-7-6-8-21(31)18(20)2)16-35-12-13-37-19(15-35)9-11-36(29(37)42)17-30(3,4)28(39)40/h6-8,10,14,19,24H,5,9,11-13,15-17H2,1-4H3,(H,33,34)(H,39,40)/t19-,24-/m0/s1. The van der Waals surface area contributed by atoms with Gasteiger partial charge in [0.15, 0.2) is 16.0 Å². The Labute approximate surface area is 260 Å². The number of hydrogen-bond acceptors (Lipinski definition) is 9. The van der Waals surface area contributed by atoms with Crippen molar-refractivity contribution in [3.05, 3.63) is 63.0 Å². The summed E-state index contributed by atoms with van der Waals surface area (Å²) in [6.45, 7) is 10.6. The molecular formula is C30H37FN6O4S2. The number of esters is 1. The maximum atomic E-state index is 14.7. The molecule has 2 N–H and O–H groups in total. The summed E-state index contributed by atoms with van der Waals surface area (Å²) in [7, 11) is 0. The molecule has 0 unspecified atom stereocenters. The maximum absolute atomic E-state index is 14.7. The van der Waals surface area contributed by atoms with E-state index in [1.165, 1.54) is 17.4 Å². The van der Waals surface area contributed by atoms with Crippen molar-refractivity contribution in [2.75, 3.05) is 45.9 Å². The fourth-order valence-electron chi connectivity index (χ4n) is 5.82. The normalized spacial score (nSPS) is 21.3. The van der Waals surface area contributed by atoms with Gasteiger partial charge in [-0.15, -0.1) is 11.3 Å². The summed E-state index contributed by atoms with van der Waals surface area (Å²) in [4.78, 5) is 41.0. The number of halogens is 1. The number of aliphatic imine (C=N–C) groups is 1. The van der Waals surface area contributed by atoms with Crippen LogP contribution in [0.1, 0.15) is 49.4 Å². The number of rotatable bonds is 9. The summed E-state index contributed by atoms with van der Waals surface area (Å²) in [5, 5.41) is 16.2. The van der Waals surface area contributed by atoms with E-state index in [1.807, 2.05) is 10.3 Å². The highest BCUT2D eigenvalue weighted by Crippen LogP contribution is 2.36. The summed E-state index contributed by atoms with van der Waals surface area (Å²) in [6.07, 6.45) is 2.53. The van der Waals surface area contributed by atoms with Gasteiger partial charge in [-0.2, -0.15) is 0 Å². The van der Waals surface area contributed by atoms with Crippen molar-refractivity contribution in [2.24, 2.45) is 10.4 Å². The van der Waals surface area contributed by atoms with Crippen LogP contribution in [0.25, 0.3) is 0 Å². The quantitative estimate of drug-likeness (QED) is 0.316. The SMILES string of the molecule is CCOC(=O)C1=C(CN2CCN3C(=S)N(CC(C)(C)C(=O)O)CC[C@H]3C2)NC(c2nccs2)=N[C@H]1c1cccc(F)c1C. The number of carbonyl (C=O) groups excluding carboxylic acids is 1. The van der Waals surface area contributed by atoms with Crippen LogP contribution in [0, 0.1) is 18.2 Å². The van der Waals surface area contributed by atoms with Crippen LogP contribution in [-0.4, -0.2) is 99.6 Å². The second-order valence-corrected chi connectivity index (χ2v) is 12.9. The Morgan fingerprint density at radius 2 is 2.07 bits per heavy atom. The molecule has 230 valence electrons. The molecule has 4 heterocycles. The van der Waals surface area contributed by atoms with Crippen LogP contribution in [0.3, 0.4) is 0 Å². The molecule has 2 aromatic rings. The van der Waals surface area contributed by atoms with Crippen LogP contribution in [0.15, 0.2) is 46.0 Å². The number of aliphatic carboxylic acids is 1. The summed E-state index contributed by atoms with van der Waals surface area (Å²) >= 11 is 7.25. The third kappa shape index (κ3) is 6.43. The number of benzene rings is 1. The molecule has 2 atom stereocenters. The molecule has 13 heteroatoms. The van der Waals surface area contributed by atoms with Crippen LogP contribution >= 0.6 is 23.6 Å². The zero-order valence-electron chi connectivity index (χ0n) is 24.8. The number of carboxylic acids is 1. The number of thiocarbonyl (C=S) groups is 1. The van der Waals surface area contributed by atoms with Gasteiger partial charge >= 0.3 is 11.9 Å². The highest BCUT2D eigenvalue weighted by Gasteiger charge is 2.40. The summed E-state index contributed by atoms with van der Waals surface area (Å²) in [5.74, 6) is -1.17. The number of nitrogens with one attached hydrogen (secondary N) is 1. The van der Waals surface area contributed by atoms with Crippen LogP contribution in [0.2, 0.25) is 0 Å². The predicted octanol–water partition coefficient (Wildman–Crippen LogP) is 3.59. The lowest BCUT2D eigenvalue weighted by molar-refractivity contribution is -0.147. The molecule has 43 heavy (non-hydrogen) atoms. The fraction of sp³-hybridized carbons (Fsp3) is 0.500. The largest absolute Gasteiger partial charge is 0.481 e. The summed E-state index contributed by atoms with van der Waals surface area (Å²) in [6, 6.07) is 4.23. The minimum atomic E-state index is -0.908. The van der Waals surface area contributed by atoms with E-state index in [-0.39, 0.29) is 18.5 Å². The second-order valence-electron chi connectivity index (χ2n) is 11.7. The molecule has 2 saturated heterocycles. The number of carbonyl (C=O) groups is 2. The Hall–Kier alpha value is -3.42. The first-order valence-electron chi connectivity index (χ1n) is 14.4. The fourth-order valence-corrected chi connectivity index (χ4v) is 6.81. The first kappa shape index (κ1) is 31.0. The number of piperazine rings is 1.